The number of fused-ring (bicyclic) bond motifs is 1. The van der Waals surface area contributed by atoms with Crippen molar-refractivity contribution >= 4 is 29.5 Å². The molecule has 0 amide bonds. The zero-order valence-electron chi connectivity index (χ0n) is 15.7. The minimum atomic E-state index is -0.467. The van der Waals surface area contributed by atoms with Crippen molar-refractivity contribution in [2.75, 3.05) is 13.7 Å². The third-order valence-electron chi connectivity index (χ3n) is 4.11. The van der Waals surface area contributed by atoms with Crippen LogP contribution in [0.5, 0.6) is 5.75 Å². The fourth-order valence-corrected chi connectivity index (χ4v) is 4.84. The summed E-state index contributed by atoms with van der Waals surface area (Å²) >= 11 is 2.80. The molecule has 0 bridgehead atoms. The van der Waals surface area contributed by atoms with E-state index in [2.05, 4.69) is 6.92 Å². The summed E-state index contributed by atoms with van der Waals surface area (Å²) in [6, 6.07) is 7.23. The van der Waals surface area contributed by atoms with E-state index in [1.807, 2.05) is 12.1 Å². The van der Waals surface area contributed by atoms with Crippen molar-refractivity contribution in [2.24, 2.45) is 0 Å². The van der Waals surface area contributed by atoms with Gasteiger partial charge in [-0.15, -0.1) is 11.8 Å². The summed E-state index contributed by atoms with van der Waals surface area (Å²) in [6.07, 6.45) is 0.750. The molecular formula is C19H22N2O4S2. The van der Waals surface area contributed by atoms with E-state index in [0.29, 0.717) is 33.3 Å². The summed E-state index contributed by atoms with van der Waals surface area (Å²) in [5, 5.41) is 0.345. The third kappa shape index (κ3) is 4.16. The molecule has 1 aromatic carbocycles. The van der Waals surface area contributed by atoms with Crippen LogP contribution in [0.2, 0.25) is 0 Å². The Bertz CT molecular complexity index is 896. The number of benzene rings is 1. The lowest BCUT2D eigenvalue weighted by molar-refractivity contribution is -0.142. The Morgan fingerprint density at radius 2 is 2.11 bits per heavy atom. The molecule has 1 aliphatic rings. The maximum Gasteiger partial charge on any atom is 0.319 e. The number of esters is 1. The van der Waals surface area contributed by atoms with Crippen LogP contribution in [0.15, 0.2) is 39.1 Å². The van der Waals surface area contributed by atoms with Crippen molar-refractivity contribution in [3.63, 3.8) is 0 Å². The minimum absolute atomic E-state index is 0.0990. The highest BCUT2D eigenvalue weighted by Crippen LogP contribution is 2.35. The van der Waals surface area contributed by atoms with E-state index in [1.165, 1.54) is 11.8 Å². The molecule has 2 atom stereocenters. The van der Waals surface area contributed by atoms with E-state index in [4.69, 9.17) is 14.5 Å². The van der Waals surface area contributed by atoms with Crippen LogP contribution in [0.1, 0.15) is 26.5 Å². The molecule has 0 aliphatic carbocycles. The highest BCUT2D eigenvalue weighted by atomic mass is 32.2. The second-order valence-corrected chi connectivity index (χ2v) is 8.91. The molecule has 1 aromatic heterocycles. The average Bonchev–Trinajstić information content (AvgIpc) is 3.03. The van der Waals surface area contributed by atoms with E-state index >= 15 is 0 Å². The number of carbonyl (C=O) groups is 1. The molecule has 1 aliphatic heterocycles. The Hall–Kier alpha value is -1.93. The van der Waals surface area contributed by atoms with Crippen LogP contribution in [0.25, 0.3) is 5.69 Å². The highest BCUT2D eigenvalue weighted by Gasteiger charge is 2.28. The zero-order valence-corrected chi connectivity index (χ0v) is 17.4. The summed E-state index contributed by atoms with van der Waals surface area (Å²) in [7, 11) is 1.60. The van der Waals surface area contributed by atoms with E-state index in [1.54, 1.807) is 49.4 Å². The zero-order chi connectivity index (χ0) is 19.6. The van der Waals surface area contributed by atoms with Gasteiger partial charge in [0.15, 0.2) is 5.16 Å². The molecule has 0 spiro atoms. The minimum Gasteiger partial charge on any atom is -0.497 e. The van der Waals surface area contributed by atoms with Crippen LogP contribution < -0.4 is 10.3 Å². The van der Waals surface area contributed by atoms with Crippen LogP contribution in [0.3, 0.4) is 0 Å². The number of aromatic nitrogens is 2. The fourth-order valence-electron chi connectivity index (χ4n) is 2.80. The first-order valence-corrected chi connectivity index (χ1v) is 10.5. The Morgan fingerprint density at radius 1 is 1.41 bits per heavy atom. The SMILES string of the molecule is CCOC(=O)[C@H](C)Sc1nc2c(c(=O)n1-c1ccc(OC)cc1)S[C@@H](C)C2. The predicted octanol–water partition coefficient (Wildman–Crippen LogP) is 3.32. The number of hydrogen-bond donors (Lipinski definition) is 0. The monoisotopic (exact) mass is 406 g/mol. The number of rotatable bonds is 6. The van der Waals surface area contributed by atoms with E-state index in [9.17, 15) is 9.59 Å². The molecule has 3 rings (SSSR count). The maximum absolute atomic E-state index is 13.2. The summed E-state index contributed by atoms with van der Waals surface area (Å²) in [5.74, 6) is 0.388. The molecule has 2 heterocycles. The molecule has 0 unspecified atom stereocenters. The van der Waals surface area contributed by atoms with Gasteiger partial charge in [0.1, 0.15) is 11.0 Å². The largest absolute Gasteiger partial charge is 0.497 e. The number of methoxy groups -OCH3 is 1. The lowest BCUT2D eigenvalue weighted by Crippen LogP contribution is -2.25. The smallest absolute Gasteiger partial charge is 0.319 e. The van der Waals surface area contributed by atoms with Crippen LogP contribution in [0, 0.1) is 0 Å². The first-order chi connectivity index (χ1) is 12.9. The van der Waals surface area contributed by atoms with Crippen LogP contribution >= 0.6 is 23.5 Å². The van der Waals surface area contributed by atoms with Crippen molar-refractivity contribution in [3.05, 3.63) is 40.3 Å². The molecule has 0 radical (unpaired) electrons. The maximum atomic E-state index is 13.2. The van der Waals surface area contributed by atoms with E-state index in [0.717, 1.165) is 12.1 Å². The van der Waals surface area contributed by atoms with Crippen molar-refractivity contribution in [3.8, 4) is 11.4 Å². The van der Waals surface area contributed by atoms with Crippen molar-refractivity contribution in [1.29, 1.82) is 0 Å². The molecule has 0 N–H and O–H groups in total. The molecule has 144 valence electrons. The van der Waals surface area contributed by atoms with Gasteiger partial charge in [-0.05, 0) is 38.1 Å². The van der Waals surface area contributed by atoms with Crippen LogP contribution in [-0.2, 0) is 16.0 Å². The fraction of sp³-hybridized carbons (Fsp3) is 0.421. The van der Waals surface area contributed by atoms with Gasteiger partial charge in [-0.3, -0.25) is 14.2 Å². The number of ether oxygens (including phenoxy) is 2. The van der Waals surface area contributed by atoms with Gasteiger partial charge in [0.25, 0.3) is 5.56 Å². The Labute approximate surface area is 166 Å². The van der Waals surface area contributed by atoms with Crippen molar-refractivity contribution in [1.82, 2.24) is 9.55 Å². The second-order valence-electron chi connectivity index (χ2n) is 6.15. The van der Waals surface area contributed by atoms with E-state index < -0.39 is 5.25 Å². The molecule has 6 nitrogen and oxygen atoms in total. The van der Waals surface area contributed by atoms with Gasteiger partial charge >= 0.3 is 5.97 Å². The second kappa shape index (κ2) is 8.39. The lowest BCUT2D eigenvalue weighted by Gasteiger charge is -2.16. The number of nitrogens with zero attached hydrogens (tertiary/aromatic N) is 2. The average molecular weight is 407 g/mol. The molecule has 27 heavy (non-hydrogen) atoms. The Morgan fingerprint density at radius 3 is 2.74 bits per heavy atom. The standard InChI is InChI=1S/C19H22N2O4S2/c1-5-25-18(23)12(3)27-19-20-15-10-11(2)26-16(15)17(22)21(19)13-6-8-14(24-4)9-7-13/h6-9,11-12H,5,10H2,1-4H3/t11-,12-/m0/s1. The van der Waals surface area contributed by atoms with Gasteiger partial charge in [-0.1, -0.05) is 18.7 Å². The quantitative estimate of drug-likeness (QED) is 0.414. The van der Waals surface area contributed by atoms with Gasteiger partial charge < -0.3 is 9.47 Å². The van der Waals surface area contributed by atoms with Crippen molar-refractivity contribution < 1.29 is 14.3 Å². The van der Waals surface area contributed by atoms with Crippen LogP contribution in [0.4, 0.5) is 0 Å². The van der Waals surface area contributed by atoms with Gasteiger partial charge in [-0.2, -0.15) is 0 Å². The number of hydrogen-bond acceptors (Lipinski definition) is 7. The summed E-state index contributed by atoms with van der Waals surface area (Å²) in [4.78, 5) is 30.7. The topological polar surface area (TPSA) is 70.4 Å². The van der Waals surface area contributed by atoms with Crippen LogP contribution in [-0.4, -0.2) is 39.7 Å². The molecular weight excluding hydrogens is 384 g/mol. The molecule has 8 heteroatoms. The van der Waals surface area contributed by atoms with Gasteiger partial charge in [0, 0.05) is 11.7 Å². The third-order valence-corrected chi connectivity index (χ3v) is 6.36. The Balaban J connectivity index is 2.07. The highest BCUT2D eigenvalue weighted by molar-refractivity contribution is 8.00. The lowest BCUT2D eigenvalue weighted by atomic mass is 10.2. The molecule has 0 fully saturated rings. The predicted molar refractivity (Wildman–Crippen MR) is 107 cm³/mol. The van der Waals surface area contributed by atoms with Crippen molar-refractivity contribution in [2.45, 2.75) is 47.7 Å². The normalized spacial score (nSPS) is 16.7. The number of carbonyl (C=O) groups excluding carboxylic acids is 1. The number of thioether (sulfide) groups is 2. The first-order valence-electron chi connectivity index (χ1n) is 8.74. The van der Waals surface area contributed by atoms with Gasteiger partial charge in [-0.25, -0.2) is 4.98 Å². The Kier molecular flexibility index (Phi) is 6.16. The molecule has 0 saturated carbocycles. The van der Waals surface area contributed by atoms with Gasteiger partial charge in [0.2, 0.25) is 0 Å². The summed E-state index contributed by atoms with van der Waals surface area (Å²) < 4.78 is 11.9. The van der Waals surface area contributed by atoms with E-state index in [-0.39, 0.29) is 11.5 Å². The molecule has 0 saturated heterocycles. The summed E-state index contributed by atoms with van der Waals surface area (Å²) in [5.41, 5.74) is 1.40. The first kappa shape index (κ1) is 19.8. The molecule has 2 aromatic rings. The van der Waals surface area contributed by atoms with Gasteiger partial charge in [0.05, 0.1) is 30.0 Å². The summed E-state index contributed by atoms with van der Waals surface area (Å²) in [6.45, 7) is 5.94.